The summed E-state index contributed by atoms with van der Waals surface area (Å²) in [6.07, 6.45) is 1.79. The summed E-state index contributed by atoms with van der Waals surface area (Å²) in [5, 5.41) is 3.48. The minimum Gasteiger partial charge on any atom is -0.348 e. The predicted octanol–water partition coefficient (Wildman–Crippen LogP) is 4.30. The van der Waals surface area contributed by atoms with Gasteiger partial charge in [-0.15, -0.1) is 0 Å². The molecule has 0 unspecified atom stereocenters. The zero-order valence-electron chi connectivity index (χ0n) is 16.9. The normalized spacial score (nSPS) is 12.5. The van der Waals surface area contributed by atoms with E-state index >= 15 is 0 Å². The van der Waals surface area contributed by atoms with Crippen molar-refractivity contribution < 1.29 is 13.2 Å². The summed E-state index contributed by atoms with van der Waals surface area (Å²) in [5.74, 6) is -0.357. The molecular formula is C21H27ClN2O3S. The third kappa shape index (κ3) is 5.49. The Morgan fingerprint density at radius 1 is 1.07 bits per heavy atom. The van der Waals surface area contributed by atoms with Gasteiger partial charge in [0.1, 0.15) is 6.54 Å². The number of sulfonamides is 1. The van der Waals surface area contributed by atoms with Crippen molar-refractivity contribution in [3.8, 4) is 0 Å². The minimum atomic E-state index is -3.64. The van der Waals surface area contributed by atoms with Crippen LogP contribution in [0.5, 0.6) is 0 Å². The molecule has 0 saturated heterocycles. The van der Waals surface area contributed by atoms with Gasteiger partial charge in [0, 0.05) is 5.02 Å². The standard InChI is InChI=1S/C21H27ClN2O3S/c1-6-19(17-8-7-14(2)15(3)11-17)23-21(25)13-24(28(5,26)27)20-10-9-18(22)12-16(20)4/h7-12,19H,6,13H2,1-5H3,(H,23,25)/t19-/m1/s1. The van der Waals surface area contributed by atoms with Gasteiger partial charge >= 0.3 is 0 Å². The van der Waals surface area contributed by atoms with Crippen LogP contribution in [-0.2, 0) is 14.8 Å². The fourth-order valence-corrected chi connectivity index (χ4v) is 4.19. The van der Waals surface area contributed by atoms with E-state index in [1.165, 1.54) is 5.56 Å². The highest BCUT2D eigenvalue weighted by Gasteiger charge is 2.24. The first kappa shape index (κ1) is 22.2. The number of nitrogens with zero attached hydrogens (tertiary/aromatic N) is 1. The minimum absolute atomic E-state index is 0.181. The molecule has 0 aliphatic carbocycles. The van der Waals surface area contributed by atoms with Crippen LogP contribution in [0, 0.1) is 20.8 Å². The lowest BCUT2D eigenvalue weighted by Crippen LogP contribution is -2.41. The molecule has 5 nitrogen and oxygen atoms in total. The summed E-state index contributed by atoms with van der Waals surface area (Å²) >= 11 is 5.97. The van der Waals surface area contributed by atoms with Crippen molar-refractivity contribution in [1.29, 1.82) is 0 Å². The molecule has 2 rings (SSSR count). The molecule has 2 aromatic carbocycles. The fourth-order valence-electron chi connectivity index (χ4n) is 3.05. The number of aryl methyl sites for hydroxylation is 3. The summed E-state index contributed by atoms with van der Waals surface area (Å²) in [6, 6.07) is 10.8. The zero-order valence-corrected chi connectivity index (χ0v) is 18.5. The smallest absolute Gasteiger partial charge is 0.241 e. The van der Waals surface area contributed by atoms with E-state index in [0.29, 0.717) is 22.7 Å². The van der Waals surface area contributed by atoms with Crippen LogP contribution in [0.1, 0.15) is 41.6 Å². The second-order valence-corrected chi connectivity index (χ2v) is 9.42. The van der Waals surface area contributed by atoms with E-state index in [4.69, 9.17) is 11.6 Å². The van der Waals surface area contributed by atoms with Crippen molar-refractivity contribution in [2.45, 2.75) is 40.2 Å². The number of halogens is 1. The summed E-state index contributed by atoms with van der Waals surface area (Å²) < 4.78 is 25.8. The molecule has 152 valence electrons. The highest BCUT2D eigenvalue weighted by Crippen LogP contribution is 2.26. The van der Waals surface area contributed by atoms with Crippen molar-refractivity contribution in [3.63, 3.8) is 0 Å². The maximum absolute atomic E-state index is 12.7. The molecule has 0 spiro atoms. The quantitative estimate of drug-likeness (QED) is 0.723. The average molecular weight is 423 g/mol. The molecule has 0 radical (unpaired) electrons. The molecular weight excluding hydrogens is 396 g/mol. The Hall–Kier alpha value is -2.05. The monoisotopic (exact) mass is 422 g/mol. The first-order valence-corrected chi connectivity index (χ1v) is 11.4. The Labute approximate surface area is 172 Å². The van der Waals surface area contributed by atoms with Gasteiger partial charge < -0.3 is 5.32 Å². The summed E-state index contributed by atoms with van der Waals surface area (Å²) in [4.78, 5) is 12.7. The first-order valence-electron chi connectivity index (χ1n) is 9.13. The lowest BCUT2D eigenvalue weighted by Gasteiger charge is -2.25. The van der Waals surface area contributed by atoms with Crippen LogP contribution in [0.25, 0.3) is 0 Å². The molecule has 2 aromatic rings. The average Bonchev–Trinajstić information content (AvgIpc) is 2.60. The fraction of sp³-hybridized carbons (Fsp3) is 0.381. The molecule has 1 amide bonds. The summed E-state index contributed by atoms with van der Waals surface area (Å²) in [7, 11) is -3.64. The molecule has 28 heavy (non-hydrogen) atoms. The number of benzene rings is 2. The van der Waals surface area contributed by atoms with E-state index in [1.807, 2.05) is 32.9 Å². The van der Waals surface area contributed by atoms with Gasteiger partial charge in [0.2, 0.25) is 15.9 Å². The molecule has 1 atom stereocenters. The number of hydrogen-bond acceptors (Lipinski definition) is 3. The van der Waals surface area contributed by atoms with Gasteiger partial charge in [0.05, 0.1) is 18.0 Å². The van der Waals surface area contributed by atoms with E-state index in [0.717, 1.165) is 21.7 Å². The van der Waals surface area contributed by atoms with E-state index in [1.54, 1.807) is 25.1 Å². The van der Waals surface area contributed by atoms with E-state index in [2.05, 4.69) is 11.4 Å². The van der Waals surface area contributed by atoms with Crippen LogP contribution < -0.4 is 9.62 Å². The molecule has 0 aliphatic rings. The predicted molar refractivity (Wildman–Crippen MR) is 115 cm³/mol. The third-order valence-corrected chi connectivity index (χ3v) is 6.15. The lowest BCUT2D eigenvalue weighted by atomic mass is 9.99. The van der Waals surface area contributed by atoms with Crippen LogP contribution in [0.4, 0.5) is 5.69 Å². The molecule has 0 aliphatic heterocycles. The van der Waals surface area contributed by atoms with Crippen LogP contribution in [0.15, 0.2) is 36.4 Å². The number of anilines is 1. The van der Waals surface area contributed by atoms with Gasteiger partial charge in [-0.05, 0) is 67.6 Å². The highest BCUT2D eigenvalue weighted by atomic mass is 35.5. The van der Waals surface area contributed by atoms with E-state index < -0.39 is 10.0 Å². The van der Waals surface area contributed by atoms with Gasteiger partial charge in [-0.25, -0.2) is 8.42 Å². The van der Waals surface area contributed by atoms with Crippen molar-refractivity contribution in [2.75, 3.05) is 17.1 Å². The maximum atomic E-state index is 12.7. The van der Waals surface area contributed by atoms with Gasteiger partial charge in [0.25, 0.3) is 0 Å². The van der Waals surface area contributed by atoms with E-state index in [-0.39, 0.29) is 18.5 Å². The van der Waals surface area contributed by atoms with Crippen LogP contribution in [0.2, 0.25) is 5.02 Å². The second-order valence-electron chi connectivity index (χ2n) is 7.07. The molecule has 7 heteroatoms. The highest BCUT2D eigenvalue weighted by molar-refractivity contribution is 7.92. The topological polar surface area (TPSA) is 66.5 Å². The largest absolute Gasteiger partial charge is 0.348 e. The number of nitrogens with one attached hydrogen (secondary N) is 1. The van der Waals surface area contributed by atoms with Gasteiger partial charge in [-0.3, -0.25) is 9.10 Å². The second kappa shape index (κ2) is 8.97. The van der Waals surface area contributed by atoms with Gasteiger partial charge in [-0.1, -0.05) is 36.7 Å². The van der Waals surface area contributed by atoms with Gasteiger partial charge in [0.15, 0.2) is 0 Å². The Morgan fingerprint density at radius 3 is 2.29 bits per heavy atom. The Kier molecular flexibility index (Phi) is 7.12. The van der Waals surface area contributed by atoms with Crippen molar-refractivity contribution >= 4 is 33.2 Å². The molecule has 1 N–H and O–H groups in total. The number of rotatable bonds is 7. The molecule has 0 heterocycles. The van der Waals surface area contributed by atoms with Crippen LogP contribution in [0.3, 0.4) is 0 Å². The first-order chi connectivity index (χ1) is 13.0. The Morgan fingerprint density at radius 2 is 1.75 bits per heavy atom. The van der Waals surface area contributed by atoms with Crippen LogP contribution in [-0.4, -0.2) is 27.1 Å². The Bertz CT molecular complexity index is 974. The van der Waals surface area contributed by atoms with E-state index in [9.17, 15) is 13.2 Å². The molecule has 0 aromatic heterocycles. The molecule has 0 saturated carbocycles. The number of amides is 1. The third-order valence-electron chi connectivity index (χ3n) is 4.79. The summed E-state index contributed by atoms with van der Waals surface area (Å²) in [5.41, 5.74) is 4.48. The van der Waals surface area contributed by atoms with Crippen molar-refractivity contribution in [2.24, 2.45) is 0 Å². The Balaban J connectivity index is 2.24. The number of carbonyl (C=O) groups excluding carboxylic acids is 1. The zero-order chi connectivity index (χ0) is 21.1. The maximum Gasteiger partial charge on any atom is 0.241 e. The molecule has 0 fully saturated rings. The molecule has 0 bridgehead atoms. The van der Waals surface area contributed by atoms with Crippen molar-refractivity contribution in [3.05, 3.63) is 63.7 Å². The van der Waals surface area contributed by atoms with Crippen LogP contribution >= 0.6 is 11.6 Å². The summed E-state index contributed by atoms with van der Waals surface area (Å²) in [6.45, 7) is 7.53. The van der Waals surface area contributed by atoms with Crippen molar-refractivity contribution in [1.82, 2.24) is 5.32 Å². The number of carbonyl (C=O) groups is 1. The number of hydrogen-bond donors (Lipinski definition) is 1. The SMILES string of the molecule is CC[C@@H](NC(=O)CN(c1ccc(Cl)cc1C)S(C)(=O)=O)c1ccc(C)c(C)c1. The van der Waals surface area contributed by atoms with Gasteiger partial charge in [-0.2, -0.15) is 0 Å². The lowest BCUT2D eigenvalue weighted by molar-refractivity contribution is -0.120.